The van der Waals surface area contributed by atoms with Crippen LogP contribution < -0.4 is 10.2 Å². The number of nitrogens with one attached hydrogen (secondary N) is 1. The minimum atomic E-state index is -0.207. The molecule has 2 heterocycles. The Morgan fingerprint density at radius 1 is 1.15 bits per heavy atom. The average molecular weight is 349 g/mol. The molecule has 0 spiro atoms. The standard InChI is InChI=1S/C20H19N3O3/c1-13-21-17-12-15(7-10-18(17)26-13)22-20(25)14-5-8-16(9-6-14)23-11-3-2-4-19(23)24/h5-10,12H,2-4,11H2,1H3,(H,22,25). The van der Waals surface area contributed by atoms with Gasteiger partial charge in [0.1, 0.15) is 5.52 Å². The first kappa shape index (κ1) is 16.3. The van der Waals surface area contributed by atoms with Crippen LogP contribution in [0.2, 0.25) is 0 Å². The molecule has 0 radical (unpaired) electrons. The lowest BCUT2D eigenvalue weighted by Gasteiger charge is -2.26. The minimum absolute atomic E-state index is 0.143. The molecule has 6 heteroatoms. The summed E-state index contributed by atoms with van der Waals surface area (Å²) < 4.78 is 5.44. The highest BCUT2D eigenvalue weighted by Crippen LogP contribution is 2.23. The van der Waals surface area contributed by atoms with Gasteiger partial charge in [0.05, 0.1) is 0 Å². The Balaban J connectivity index is 1.49. The monoisotopic (exact) mass is 349 g/mol. The molecule has 2 amide bonds. The number of nitrogens with zero attached hydrogens (tertiary/aromatic N) is 2. The van der Waals surface area contributed by atoms with E-state index in [4.69, 9.17) is 4.42 Å². The Hall–Kier alpha value is -3.15. The van der Waals surface area contributed by atoms with E-state index in [0.717, 1.165) is 25.1 Å². The number of hydrogen-bond donors (Lipinski definition) is 1. The molecule has 26 heavy (non-hydrogen) atoms. The van der Waals surface area contributed by atoms with Crippen molar-refractivity contribution in [1.82, 2.24) is 4.98 Å². The zero-order valence-electron chi connectivity index (χ0n) is 14.5. The summed E-state index contributed by atoms with van der Waals surface area (Å²) in [6, 6.07) is 12.5. The van der Waals surface area contributed by atoms with Gasteiger partial charge < -0.3 is 14.6 Å². The second kappa shape index (κ2) is 6.63. The van der Waals surface area contributed by atoms with Crippen molar-refractivity contribution >= 4 is 34.3 Å². The molecule has 1 aliphatic heterocycles. The molecule has 1 aromatic heterocycles. The van der Waals surface area contributed by atoms with Crippen LogP contribution >= 0.6 is 0 Å². The molecule has 1 aliphatic rings. The lowest BCUT2D eigenvalue weighted by molar-refractivity contribution is -0.119. The predicted molar refractivity (Wildman–Crippen MR) is 99.3 cm³/mol. The van der Waals surface area contributed by atoms with E-state index in [-0.39, 0.29) is 11.8 Å². The van der Waals surface area contributed by atoms with Crippen molar-refractivity contribution in [3.8, 4) is 0 Å². The lowest BCUT2D eigenvalue weighted by atomic mass is 10.1. The molecule has 6 nitrogen and oxygen atoms in total. The number of anilines is 2. The number of fused-ring (bicyclic) bond motifs is 1. The molecule has 1 N–H and O–H groups in total. The highest BCUT2D eigenvalue weighted by Gasteiger charge is 2.19. The molecule has 132 valence electrons. The number of piperidine rings is 1. The van der Waals surface area contributed by atoms with Gasteiger partial charge in [-0.15, -0.1) is 0 Å². The first-order chi connectivity index (χ1) is 12.6. The molecule has 0 bridgehead atoms. The number of aromatic nitrogens is 1. The number of carbonyl (C=O) groups excluding carboxylic acids is 2. The third kappa shape index (κ3) is 3.18. The number of carbonyl (C=O) groups is 2. The van der Waals surface area contributed by atoms with Gasteiger partial charge in [-0.3, -0.25) is 9.59 Å². The summed E-state index contributed by atoms with van der Waals surface area (Å²) in [5.41, 5.74) is 3.43. The van der Waals surface area contributed by atoms with Gasteiger partial charge in [-0.2, -0.15) is 0 Å². The topological polar surface area (TPSA) is 75.4 Å². The number of amides is 2. The van der Waals surface area contributed by atoms with Crippen molar-refractivity contribution in [2.24, 2.45) is 0 Å². The predicted octanol–water partition coefficient (Wildman–Crippen LogP) is 3.91. The van der Waals surface area contributed by atoms with Gasteiger partial charge in [0, 0.05) is 36.8 Å². The van der Waals surface area contributed by atoms with Crippen LogP contribution in [0.25, 0.3) is 11.1 Å². The number of hydrogen-bond acceptors (Lipinski definition) is 4. The normalized spacial score (nSPS) is 14.7. The van der Waals surface area contributed by atoms with E-state index >= 15 is 0 Å². The van der Waals surface area contributed by atoms with Crippen LogP contribution in [0.3, 0.4) is 0 Å². The van der Waals surface area contributed by atoms with Gasteiger partial charge >= 0.3 is 0 Å². The highest BCUT2D eigenvalue weighted by atomic mass is 16.3. The average Bonchev–Trinajstić information content (AvgIpc) is 3.01. The van der Waals surface area contributed by atoms with Crippen LogP contribution in [0.15, 0.2) is 46.9 Å². The first-order valence-corrected chi connectivity index (χ1v) is 8.69. The van der Waals surface area contributed by atoms with Crippen molar-refractivity contribution < 1.29 is 14.0 Å². The summed E-state index contributed by atoms with van der Waals surface area (Å²) in [7, 11) is 0. The first-order valence-electron chi connectivity index (χ1n) is 8.69. The van der Waals surface area contributed by atoms with E-state index < -0.39 is 0 Å². The summed E-state index contributed by atoms with van der Waals surface area (Å²) in [5.74, 6) is 0.525. The van der Waals surface area contributed by atoms with Crippen molar-refractivity contribution in [3.63, 3.8) is 0 Å². The van der Waals surface area contributed by atoms with Crippen LogP contribution in [0.1, 0.15) is 35.5 Å². The lowest BCUT2D eigenvalue weighted by Crippen LogP contribution is -2.35. The summed E-state index contributed by atoms with van der Waals surface area (Å²) in [6.07, 6.45) is 2.55. The van der Waals surface area contributed by atoms with Gasteiger partial charge in [-0.25, -0.2) is 4.98 Å². The number of rotatable bonds is 3. The zero-order valence-corrected chi connectivity index (χ0v) is 14.5. The smallest absolute Gasteiger partial charge is 0.255 e. The molecule has 2 aromatic carbocycles. The molecule has 0 unspecified atom stereocenters. The van der Waals surface area contributed by atoms with E-state index in [0.29, 0.717) is 34.7 Å². The third-order valence-corrected chi connectivity index (χ3v) is 4.52. The molecule has 0 aliphatic carbocycles. The SMILES string of the molecule is Cc1nc2cc(NC(=O)c3ccc(N4CCCCC4=O)cc3)ccc2o1. The van der Waals surface area contributed by atoms with E-state index in [1.165, 1.54) is 0 Å². The molecular formula is C20H19N3O3. The number of benzene rings is 2. The van der Waals surface area contributed by atoms with Crippen LogP contribution in [-0.4, -0.2) is 23.3 Å². The van der Waals surface area contributed by atoms with Crippen molar-refractivity contribution in [2.45, 2.75) is 26.2 Å². The van der Waals surface area contributed by atoms with Crippen molar-refractivity contribution in [2.75, 3.05) is 16.8 Å². The van der Waals surface area contributed by atoms with Gasteiger partial charge in [0.15, 0.2) is 11.5 Å². The van der Waals surface area contributed by atoms with Crippen LogP contribution in [0.4, 0.5) is 11.4 Å². The van der Waals surface area contributed by atoms with Crippen molar-refractivity contribution in [3.05, 3.63) is 53.9 Å². The Morgan fingerprint density at radius 3 is 2.73 bits per heavy atom. The fourth-order valence-electron chi connectivity index (χ4n) is 3.20. The van der Waals surface area contributed by atoms with E-state index in [1.807, 2.05) is 12.1 Å². The Kier molecular flexibility index (Phi) is 4.16. The summed E-state index contributed by atoms with van der Waals surface area (Å²) in [6.45, 7) is 2.52. The maximum absolute atomic E-state index is 12.5. The van der Waals surface area contributed by atoms with Gasteiger partial charge in [0.25, 0.3) is 5.91 Å². The molecular weight excluding hydrogens is 330 g/mol. The van der Waals surface area contributed by atoms with E-state index in [1.54, 1.807) is 42.2 Å². The third-order valence-electron chi connectivity index (χ3n) is 4.52. The van der Waals surface area contributed by atoms with E-state index in [9.17, 15) is 9.59 Å². The zero-order chi connectivity index (χ0) is 18.1. The fourth-order valence-corrected chi connectivity index (χ4v) is 3.20. The molecule has 1 saturated heterocycles. The summed E-state index contributed by atoms with van der Waals surface area (Å²) in [4.78, 5) is 30.5. The quantitative estimate of drug-likeness (QED) is 0.778. The summed E-state index contributed by atoms with van der Waals surface area (Å²) >= 11 is 0. The molecule has 3 aromatic rings. The summed E-state index contributed by atoms with van der Waals surface area (Å²) in [5, 5.41) is 2.87. The maximum atomic E-state index is 12.5. The number of aryl methyl sites for hydroxylation is 1. The maximum Gasteiger partial charge on any atom is 0.255 e. The largest absolute Gasteiger partial charge is 0.441 e. The van der Waals surface area contributed by atoms with Gasteiger partial charge in [0.2, 0.25) is 5.91 Å². The van der Waals surface area contributed by atoms with Gasteiger partial charge in [-0.05, 0) is 55.3 Å². The number of oxazole rings is 1. The van der Waals surface area contributed by atoms with Crippen LogP contribution in [0.5, 0.6) is 0 Å². The molecule has 4 rings (SSSR count). The minimum Gasteiger partial charge on any atom is -0.441 e. The Labute approximate surface area is 150 Å². The molecule has 1 fully saturated rings. The van der Waals surface area contributed by atoms with E-state index in [2.05, 4.69) is 10.3 Å². The molecule has 0 saturated carbocycles. The van der Waals surface area contributed by atoms with Gasteiger partial charge in [-0.1, -0.05) is 0 Å². The second-order valence-corrected chi connectivity index (χ2v) is 6.42. The van der Waals surface area contributed by atoms with Crippen LogP contribution in [0, 0.1) is 6.92 Å². The second-order valence-electron chi connectivity index (χ2n) is 6.42. The Bertz CT molecular complexity index is 976. The van der Waals surface area contributed by atoms with Crippen LogP contribution in [-0.2, 0) is 4.79 Å². The molecule has 0 atom stereocenters. The van der Waals surface area contributed by atoms with Crippen molar-refractivity contribution in [1.29, 1.82) is 0 Å². The Morgan fingerprint density at radius 2 is 1.96 bits per heavy atom. The fraction of sp³-hybridized carbons (Fsp3) is 0.250. The highest BCUT2D eigenvalue weighted by molar-refractivity contribution is 6.05.